The fraction of sp³-hybridized carbons (Fsp3) is 0.0323. The van der Waals surface area contributed by atoms with Crippen LogP contribution >= 0.6 is 7.92 Å². The Morgan fingerprint density at radius 1 is 0.795 bits per heavy atom. The largest absolute Gasteiger partial charge is 0.477 e. The molecule has 0 spiro atoms. The van der Waals surface area contributed by atoms with E-state index in [0.29, 0.717) is 0 Å². The summed E-state index contributed by atoms with van der Waals surface area (Å²) in [6, 6.07) is 45.3. The fourth-order valence-electron chi connectivity index (χ4n) is 3.31. The molecule has 0 fully saturated rings. The number of aromatic carboxylic acids is 1. The first-order chi connectivity index (χ1) is 18.5. The summed E-state index contributed by atoms with van der Waals surface area (Å²) in [4.78, 5) is 23.2. The number of rotatable bonds is 5. The van der Waals surface area contributed by atoms with E-state index in [2.05, 4.69) is 102 Å². The Morgan fingerprint density at radius 2 is 1.26 bits per heavy atom. The summed E-state index contributed by atoms with van der Waals surface area (Å²) in [5, 5.41) is 22.8. The molecule has 4 aromatic carbocycles. The van der Waals surface area contributed by atoms with Gasteiger partial charge in [-0.1, -0.05) is 97.9 Å². The fourth-order valence-corrected chi connectivity index (χ4v) is 5.62. The first-order valence-electron chi connectivity index (χ1n) is 11.7. The van der Waals surface area contributed by atoms with Crippen LogP contribution in [0.5, 0.6) is 0 Å². The standard InChI is InChI=1S/C18H15P.C7H7.C6H4N2O4.Ni/c1-4-10-16(11-5-1)19(17-12-6-2-7-13-17)18-14-8-3-9-15-18;1-7-5-3-2-4-6-7;9-6(10)5-3-4(8(11)12)1-2-7-5;/h1-15H;2-5H,1H3;1-3H,(H,9,10);/q;-1;;. The Labute approximate surface area is 239 Å². The van der Waals surface area contributed by atoms with Crippen molar-refractivity contribution in [2.24, 2.45) is 0 Å². The van der Waals surface area contributed by atoms with Crippen LogP contribution in [0.2, 0.25) is 0 Å². The number of carboxylic acid groups (broad SMARTS) is 1. The van der Waals surface area contributed by atoms with Gasteiger partial charge in [0.2, 0.25) is 0 Å². The number of carboxylic acids is 1. The van der Waals surface area contributed by atoms with Gasteiger partial charge in [-0.05, 0) is 23.8 Å². The molecule has 8 heteroatoms. The molecule has 200 valence electrons. The molecule has 0 amide bonds. The zero-order valence-corrected chi connectivity index (χ0v) is 22.9. The molecule has 0 saturated heterocycles. The van der Waals surface area contributed by atoms with Crippen molar-refractivity contribution in [1.29, 1.82) is 0 Å². The maximum Gasteiger partial charge on any atom is 0.354 e. The Bertz CT molecular complexity index is 1300. The SMILES string of the molecule is Cc1[c-]cccc1.O=C(O)c1cc([N+](=O)[O-])ccn1.[Ni].c1ccc(P(c2ccccc2)c2ccccc2)cc1. The minimum atomic E-state index is -1.28. The zero-order chi connectivity index (χ0) is 27.2. The van der Waals surface area contributed by atoms with Gasteiger partial charge in [-0.25, -0.2) is 9.78 Å². The normalized spacial score (nSPS) is 9.59. The topological polar surface area (TPSA) is 93.3 Å². The van der Waals surface area contributed by atoms with Crippen LogP contribution in [-0.4, -0.2) is 21.0 Å². The third kappa shape index (κ3) is 10.2. The summed E-state index contributed by atoms with van der Waals surface area (Å²) >= 11 is 0. The van der Waals surface area contributed by atoms with Gasteiger partial charge in [0.1, 0.15) is 0 Å². The van der Waals surface area contributed by atoms with Crippen LogP contribution in [0.4, 0.5) is 5.69 Å². The summed E-state index contributed by atoms with van der Waals surface area (Å²) in [7, 11) is -0.446. The number of nitrogens with zero attached hydrogens (tertiary/aromatic N) is 2. The molecule has 5 rings (SSSR count). The van der Waals surface area contributed by atoms with Crippen LogP contribution < -0.4 is 15.9 Å². The molecule has 0 saturated carbocycles. The van der Waals surface area contributed by atoms with E-state index < -0.39 is 18.8 Å². The number of carbonyl (C=O) groups is 1. The van der Waals surface area contributed by atoms with Crippen LogP contribution in [0, 0.1) is 23.1 Å². The van der Waals surface area contributed by atoms with Crippen molar-refractivity contribution in [2.75, 3.05) is 0 Å². The molecule has 1 N–H and O–H groups in total. The summed E-state index contributed by atoms with van der Waals surface area (Å²) in [6.07, 6.45) is 1.08. The molecule has 5 aromatic rings. The molecule has 0 unspecified atom stereocenters. The van der Waals surface area contributed by atoms with Gasteiger partial charge in [0.15, 0.2) is 5.69 Å². The number of aryl methyl sites for hydroxylation is 1. The smallest absolute Gasteiger partial charge is 0.354 e. The molecule has 1 aromatic heterocycles. The van der Waals surface area contributed by atoms with Crippen molar-refractivity contribution in [1.82, 2.24) is 4.98 Å². The van der Waals surface area contributed by atoms with Gasteiger partial charge < -0.3 is 5.11 Å². The average molecular weight is 580 g/mol. The maximum atomic E-state index is 10.3. The Kier molecular flexibility index (Phi) is 13.2. The second kappa shape index (κ2) is 16.6. The van der Waals surface area contributed by atoms with Crippen molar-refractivity contribution >= 4 is 35.5 Å². The predicted molar refractivity (Wildman–Crippen MR) is 153 cm³/mol. The van der Waals surface area contributed by atoms with Gasteiger partial charge in [0.05, 0.1) is 4.92 Å². The molecular weight excluding hydrogens is 554 g/mol. The average Bonchev–Trinajstić information content (AvgIpc) is 2.96. The Hall–Kier alpha value is -4.18. The molecule has 0 aliphatic heterocycles. The number of pyridine rings is 1. The van der Waals surface area contributed by atoms with Gasteiger partial charge in [0, 0.05) is 34.8 Å². The van der Waals surface area contributed by atoms with Crippen molar-refractivity contribution in [3.8, 4) is 0 Å². The van der Waals surface area contributed by atoms with Crippen LogP contribution in [0.3, 0.4) is 0 Å². The van der Waals surface area contributed by atoms with Crippen molar-refractivity contribution in [2.45, 2.75) is 6.92 Å². The maximum absolute atomic E-state index is 10.3. The molecule has 1 heterocycles. The van der Waals surface area contributed by atoms with Gasteiger partial charge >= 0.3 is 5.97 Å². The summed E-state index contributed by atoms with van der Waals surface area (Å²) in [5.74, 6) is -1.28. The molecule has 39 heavy (non-hydrogen) atoms. The van der Waals surface area contributed by atoms with Gasteiger partial charge in [-0.3, -0.25) is 10.1 Å². The van der Waals surface area contributed by atoms with Gasteiger partial charge in [-0.2, -0.15) is 35.9 Å². The first kappa shape index (κ1) is 31.0. The number of hydrogen-bond donors (Lipinski definition) is 1. The van der Waals surface area contributed by atoms with Crippen LogP contribution in [-0.2, 0) is 16.5 Å². The third-order valence-corrected chi connectivity index (χ3v) is 7.52. The molecule has 6 nitrogen and oxygen atoms in total. The van der Waals surface area contributed by atoms with E-state index >= 15 is 0 Å². The van der Waals surface area contributed by atoms with Crippen LogP contribution in [0.15, 0.2) is 134 Å². The molecule has 0 atom stereocenters. The second-order valence-corrected chi connectivity index (χ2v) is 10.1. The van der Waals surface area contributed by atoms with Gasteiger partial charge in [0.25, 0.3) is 5.69 Å². The van der Waals surface area contributed by atoms with Crippen LogP contribution in [0.25, 0.3) is 0 Å². The summed E-state index contributed by atoms with van der Waals surface area (Å²) in [6.45, 7) is 2.03. The van der Waals surface area contributed by atoms with Crippen molar-refractivity contribution in [3.05, 3.63) is 161 Å². The molecule has 0 bridgehead atoms. The zero-order valence-electron chi connectivity index (χ0n) is 21.0. The van der Waals surface area contributed by atoms with E-state index in [4.69, 9.17) is 5.11 Å². The van der Waals surface area contributed by atoms with Crippen molar-refractivity contribution in [3.63, 3.8) is 0 Å². The minimum absolute atomic E-state index is 0. The minimum Gasteiger partial charge on any atom is -0.477 e. The van der Waals surface area contributed by atoms with Gasteiger partial charge in [-0.15, -0.1) is 0 Å². The van der Waals surface area contributed by atoms with E-state index in [-0.39, 0.29) is 27.9 Å². The molecule has 0 aliphatic rings. The number of aromatic nitrogens is 1. The molecule has 0 radical (unpaired) electrons. The number of nitro groups is 1. The van der Waals surface area contributed by atoms with Crippen LogP contribution in [0.1, 0.15) is 16.1 Å². The van der Waals surface area contributed by atoms with E-state index in [1.807, 2.05) is 31.2 Å². The molecule has 0 aliphatic carbocycles. The van der Waals surface area contributed by atoms with E-state index in [1.165, 1.54) is 21.5 Å². The Balaban J connectivity index is 0.000000228. The first-order valence-corrected chi connectivity index (χ1v) is 13.0. The monoisotopic (exact) mass is 579 g/mol. The van der Waals surface area contributed by atoms with E-state index in [0.717, 1.165) is 18.3 Å². The quantitative estimate of drug-likeness (QED) is 0.0916. The summed E-state index contributed by atoms with van der Waals surface area (Å²) < 4.78 is 0. The molecular formula is C31H26N2NiO4P-. The Morgan fingerprint density at radius 3 is 1.59 bits per heavy atom. The third-order valence-electron chi connectivity index (χ3n) is 5.08. The second-order valence-electron chi connectivity index (χ2n) is 7.85. The van der Waals surface area contributed by atoms with E-state index in [1.54, 1.807) is 0 Å². The predicted octanol–water partition coefficient (Wildman–Crippen LogP) is 5.93. The van der Waals surface area contributed by atoms with Crippen molar-refractivity contribution < 1.29 is 31.3 Å². The summed E-state index contributed by atoms with van der Waals surface area (Å²) in [5.41, 5.74) is 0.592. The van der Waals surface area contributed by atoms with E-state index in [9.17, 15) is 14.9 Å². The number of hydrogen-bond acceptors (Lipinski definition) is 4. The number of benzene rings is 4.